The van der Waals surface area contributed by atoms with E-state index < -0.39 is 0 Å². The van der Waals surface area contributed by atoms with Crippen LogP contribution in [0.1, 0.15) is 11.1 Å². The van der Waals surface area contributed by atoms with Crippen LogP contribution in [0.2, 0.25) is 0 Å². The Hall–Kier alpha value is -2.62. The number of aryl methyl sites for hydroxylation is 1. The fourth-order valence-electron chi connectivity index (χ4n) is 2.25. The molecule has 0 atom stereocenters. The monoisotopic (exact) mass is 281 g/mol. The molecular weight excluding hydrogens is 265 g/mol. The Kier molecular flexibility index (Phi) is 3.69. The molecule has 0 bridgehead atoms. The molecule has 4 heteroatoms. The normalized spacial score (nSPS) is 10.6. The highest BCUT2D eigenvalue weighted by atomic mass is 19.1. The van der Waals surface area contributed by atoms with Crippen LogP contribution in [0.15, 0.2) is 54.7 Å². The molecule has 0 aliphatic carbocycles. The molecule has 106 valence electrons. The number of benzene rings is 2. The minimum Gasteiger partial charge on any atom is -0.381 e. The number of H-pyrrole nitrogens is 1. The van der Waals surface area contributed by atoms with E-state index in [-0.39, 0.29) is 5.82 Å². The Morgan fingerprint density at radius 2 is 2.05 bits per heavy atom. The first-order valence-electron chi connectivity index (χ1n) is 6.81. The van der Waals surface area contributed by atoms with E-state index in [1.54, 1.807) is 12.3 Å². The van der Waals surface area contributed by atoms with Crippen molar-refractivity contribution in [1.82, 2.24) is 10.2 Å². The molecule has 3 rings (SSSR count). The van der Waals surface area contributed by atoms with Crippen LogP contribution in [0.4, 0.5) is 10.1 Å². The summed E-state index contributed by atoms with van der Waals surface area (Å²) in [5, 5.41) is 10.1. The third kappa shape index (κ3) is 3.11. The maximum atomic E-state index is 13.7. The number of rotatable bonds is 4. The number of aromatic amines is 1. The average molecular weight is 281 g/mol. The highest BCUT2D eigenvalue weighted by Gasteiger charge is 2.04. The smallest absolute Gasteiger partial charge is 0.128 e. The van der Waals surface area contributed by atoms with Gasteiger partial charge in [0.1, 0.15) is 5.82 Å². The predicted octanol–water partition coefficient (Wildman–Crippen LogP) is 4.14. The van der Waals surface area contributed by atoms with Crippen LogP contribution in [-0.4, -0.2) is 10.2 Å². The Morgan fingerprint density at radius 1 is 1.14 bits per heavy atom. The van der Waals surface area contributed by atoms with Gasteiger partial charge in [-0.1, -0.05) is 29.8 Å². The van der Waals surface area contributed by atoms with Crippen LogP contribution < -0.4 is 5.32 Å². The van der Waals surface area contributed by atoms with Crippen molar-refractivity contribution >= 4 is 5.69 Å². The van der Waals surface area contributed by atoms with E-state index in [4.69, 9.17) is 0 Å². The summed E-state index contributed by atoms with van der Waals surface area (Å²) in [7, 11) is 0. The number of hydrogen-bond acceptors (Lipinski definition) is 2. The number of nitrogens with zero attached hydrogens (tertiary/aromatic N) is 1. The van der Waals surface area contributed by atoms with Crippen molar-refractivity contribution in [3.05, 3.63) is 71.7 Å². The minimum atomic E-state index is -0.183. The first-order valence-corrected chi connectivity index (χ1v) is 6.81. The van der Waals surface area contributed by atoms with Crippen LogP contribution >= 0.6 is 0 Å². The van der Waals surface area contributed by atoms with E-state index in [9.17, 15) is 4.39 Å². The lowest BCUT2D eigenvalue weighted by Gasteiger charge is -2.09. The zero-order valence-electron chi connectivity index (χ0n) is 11.7. The standard InChI is InChI=1S/C17H16FN3/c1-12-5-6-16(18)14(9-12)11-19-15-4-2-3-13(10-15)17-7-8-20-21-17/h2-10,19H,11H2,1H3,(H,20,21). The highest BCUT2D eigenvalue weighted by molar-refractivity contribution is 5.64. The largest absolute Gasteiger partial charge is 0.381 e. The second-order valence-electron chi connectivity index (χ2n) is 5.00. The van der Waals surface area contributed by atoms with Gasteiger partial charge in [-0.05, 0) is 31.2 Å². The van der Waals surface area contributed by atoms with Crippen molar-refractivity contribution < 1.29 is 4.39 Å². The number of anilines is 1. The third-order valence-electron chi connectivity index (χ3n) is 3.36. The third-order valence-corrected chi connectivity index (χ3v) is 3.36. The second-order valence-corrected chi connectivity index (χ2v) is 5.00. The van der Waals surface area contributed by atoms with E-state index in [0.29, 0.717) is 12.1 Å². The van der Waals surface area contributed by atoms with Gasteiger partial charge in [0.25, 0.3) is 0 Å². The summed E-state index contributed by atoms with van der Waals surface area (Å²) in [6, 6.07) is 15.0. The van der Waals surface area contributed by atoms with E-state index in [2.05, 4.69) is 15.5 Å². The Morgan fingerprint density at radius 3 is 2.86 bits per heavy atom. The lowest BCUT2D eigenvalue weighted by atomic mass is 10.1. The van der Waals surface area contributed by atoms with Crippen LogP contribution in [0.3, 0.4) is 0 Å². The Balaban J connectivity index is 1.76. The lowest BCUT2D eigenvalue weighted by Crippen LogP contribution is -2.02. The first-order chi connectivity index (χ1) is 10.2. The summed E-state index contributed by atoms with van der Waals surface area (Å²) in [6.45, 7) is 2.42. The van der Waals surface area contributed by atoms with Gasteiger partial charge < -0.3 is 5.32 Å². The van der Waals surface area contributed by atoms with Crippen LogP contribution in [0.5, 0.6) is 0 Å². The summed E-state index contributed by atoms with van der Waals surface area (Å²) in [5.74, 6) is -0.183. The molecule has 2 N–H and O–H groups in total. The molecule has 0 aliphatic heterocycles. The molecule has 0 aliphatic rings. The van der Waals surface area contributed by atoms with Gasteiger partial charge in [-0.3, -0.25) is 5.10 Å². The molecule has 0 unspecified atom stereocenters. The van der Waals surface area contributed by atoms with Gasteiger partial charge >= 0.3 is 0 Å². The maximum Gasteiger partial charge on any atom is 0.128 e. The maximum absolute atomic E-state index is 13.7. The molecule has 1 aromatic heterocycles. The topological polar surface area (TPSA) is 40.7 Å². The van der Waals surface area contributed by atoms with Crippen LogP contribution in [0, 0.1) is 12.7 Å². The second kappa shape index (κ2) is 5.79. The van der Waals surface area contributed by atoms with E-state index in [0.717, 1.165) is 22.5 Å². The van der Waals surface area contributed by atoms with Gasteiger partial charge in [-0.2, -0.15) is 5.10 Å². The van der Waals surface area contributed by atoms with Gasteiger partial charge in [0, 0.05) is 29.6 Å². The number of hydrogen-bond donors (Lipinski definition) is 2. The van der Waals surface area contributed by atoms with E-state index >= 15 is 0 Å². The molecule has 0 amide bonds. The average Bonchev–Trinajstić information content (AvgIpc) is 3.03. The molecule has 0 radical (unpaired) electrons. The lowest BCUT2D eigenvalue weighted by molar-refractivity contribution is 0.612. The summed E-state index contributed by atoms with van der Waals surface area (Å²) in [4.78, 5) is 0. The van der Waals surface area contributed by atoms with Crippen molar-refractivity contribution in [2.75, 3.05) is 5.32 Å². The summed E-state index contributed by atoms with van der Waals surface area (Å²) in [5.41, 5.74) is 4.67. The van der Waals surface area contributed by atoms with E-state index in [1.807, 2.05) is 43.3 Å². The molecule has 21 heavy (non-hydrogen) atoms. The van der Waals surface area contributed by atoms with Crippen molar-refractivity contribution in [3.63, 3.8) is 0 Å². The van der Waals surface area contributed by atoms with Crippen molar-refractivity contribution in [2.24, 2.45) is 0 Å². The summed E-state index contributed by atoms with van der Waals surface area (Å²) < 4.78 is 13.7. The summed E-state index contributed by atoms with van der Waals surface area (Å²) in [6.07, 6.45) is 1.72. The molecular formula is C17H16FN3. The Labute approximate surface area is 122 Å². The van der Waals surface area contributed by atoms with Crippen LogP contribution in [-0.2, 0) is 6.54 Å². The molecule has 2 aromatic carbocycles. The van der Waals surface area contributed by atoms with Crippen LogP contribution in [0.25, 0.3) is 11.3 Å². The molecule has 0 saturated heterocycles. The zero-order valence-corrected chi connectivity index (χ0v) is 11.7. The number of nitrogens with one attached hydrogen (secondary N) is 2. The first kappa shape index (κ1) is 13.4. The SMILES string of the molecule is Cc1ccc(F)c(CNc2cccc(-c3ccn[nH]3)c2)c1. The number of aromatic nitrogens is 2. The van der Waals surface area contributed by atoms with Gasteiger partial charge in [-0.15, -0.1) is 0 Å². The van der Waals surface area contributed by atoms with Crippen molar-refractivity contribution in [1.29, 1.82) is 0 Å². The van der Waals surface area contributed by atoms with Crippen molar-refractivity contribution in [2.45, 2.75) is 13.5 Å². The quantitative estimate of drug-likeness (QED) is 0.754. The molecule has 3 nitrogen and oxygen atoms in total. The zero-order chi connectivity index (χ0) is 14.7. The predicted molar refractivity (Wildman–Crippen MR) is 82.5 cm³/mol. The van der Waals surface area contributed by atoms with Gasteiger partial charge in [-0.25, -0.2) is 4.39 Å². The summed E-state index contributed by atoms with van der Waals surface area (Å²) >= 11 is 0. The minimum absolute atomic E-state index is 0.183. The highest BCUT2D eigenvalue weighted by Crippen LogP contribution is 2.21. The van der Waals surface area contributed by atoms with Gasteiger partial charge in [0.2, 0.25) is 0 Å². The molecule has 0 fully saturated rings. The molecule has 0 spiro atoms. The van der Waals surface area contributed by atoms with Gasteiger partial charge in [0.05, 0.1) is 5.69 Å². The molecule has 1 heterocycles. The van der Waals surface area contributed by atoms with E-state index in [1.165, 1.54) is 6.07 Å². The fraction of sp³-hybridized carbons (Fsp3) is 0.118. The fourth-order valence-corrected chi connectivity index (χ4v) is 2.25. The Bertz CT molecular complexity index is 736. The molecule has 3 aromatic rings. The van der Waals surface area contributed by atoms with Gasteiger partial charge in [0.15, 0.2) is 0 Å². The van der Waals surface area contributed by atoms with Crippen molar-refractivity contribution in [3.8, 4) is 11.3 Å². The molecule has 0 saturated carbocycles. The number of halogens is 1.